The fraction of sp³-hybridized carbons (Fsp3) is 0.625. The van der Waals surface area contributed by atoms with Gasteiger partial charge in [0.05, 0.1) is 12.5 Å². The number of H-pyrrole nitrogens is 1. The number of nitrogens with zero attached hydrogens (tertiary/aromatic N) is 2. The van der Waals surface area contributed by atoms with Gasteiger partial charge in [0.25, 0.3) is 11.5 Å². The number of methoxy groups -OCH3 is 1. The number of aromatic nitrogens is 2. The standard InChI is InChI=1S/C16H24N4O6/c1-3-6-20-13(17)12(14(22)18-16(20)24)19(7-8-25-2)11(21)9-26-15(23)10-4-5-10/h10H,3-9,17H2,1-2H3,(H,18,22,24). The van der Waals surface area contributed by atoms with Crippen molar-refractivity contribution >= 4 is 23.4 Å². The van der Waals surface area contributed by atoms with E-state index in [9.17, 15) is 19.2 Å². The molecule has 1 aromatic rings. The molecule has 0 radical (unpaired) electrons. The number of nitrogens with two attached hydrogens (primary N) is 1. The van der Waals surface area contributed by atoms with Crippen molar-refractivity contribution in [1.29, 1.82) is 0 Å². The van der Waals surface area contributed by atoms with E-state index in [0.29, 0.717) is 6.42 Å². The van der Waals surface area contributed by atoms with Gasteiger partial charge in [-0.15, -0.1) is 0 Å². The molecule has 0 bridgehead atoms. The Morgan fingerprint density at radius 3 is 2.62 bits per heavy atom. The molecule has 0 aromatic carbocycles. The van der Waals surface area contributed by atoms with Crippen LogP contribution in [0.3, 0.4) is 0 Å². The topological polar surface area (TPSA) is 137 Å². The molecule has 0 aliphatic heterocycles. The summed E-state index contributed by atoms with van der Waals surface area (Å²) in [4.78, 5) is 51.7. The Kier molecular flexibility index (Phi) is 6.56. The van der Waals surface area contributed by atoms with Crippen LogP contribution in [0.25, 0.3) is 0 Å². The predicted molar refractivity (Wildman–Crippen MR) is 93.9 cm³/mol. The number of nitrogens with one attached hydrogen (secondary N) is 1. The minimum Gasteiger partial charge on any atom is -0.455 e. The van der Waals surface area contributed by atoms with Crippen LogP contribution < -0.4 is 21.9 Å². The van der Waals surface area contributed by atoms with Crippen molar-refractivity contribution in [3.63, 3.8) is 0 Å². The lowest BCUT2D eigenvalue weighted by molar-refractivity contribution is -0.149. The van der Waals surface area contributed by atoms with Gasteiger partial charge < -0.3 is 15.2 Å². The summed E-state index contributed by atoms with van der Waals surface area (Å²) in [5, 5.41) is 0. The average molecular weight is 368 g/mol. The van der Waals surface area contributed by atoms with E-state index < -0.39 is 29.7 Å². The van der Waals surface area contributed by atoms with Crippen molar-refractivity contribution in [3.05, 3.63) is 20.8 Å². The van der Waals surface area contributed by atoms with Crippen LogP contribution in [0, 0.1) is 5.92 Å². The second kappa shape index (κ2) is 8.65. The molecular formula is C16H24N4O6. The number of hydrogen-bond donors (Lipinski definition) is 2. The highest BCUT2D eigenvalue weighted by Crippen LogP contribution is 2.30. The lowest BCUT2D eigenvalue weighted by atomic mass is 10.3. The Labute approximate surface area is 149 Å². The second-order valence-corrected chi connectivity index (χ2v) is 6.06. The number of rotatable bonds is 9. The summed E-state index contributed by atoms with van der Waals surface area (Å²) in [5.74, 6) is -1.30. The van der Waals surface area contributed by atoms with Crippen molar-refractivity contribution < 1.29 is 19.1 Å². The maximum absolute atomic E-state index is 12.6. The highest BCUT2D eigenvalue weighted by molar-refractivity contribution is 5.97. The molecule has 0 atom stereocenters. The molecule has 0 unspecified atom stereocenters. The number of aromatic amines is 1. The van der Waals surface area contributed by atoms with Crippen LogP contribution in [0.5, 0.6) is 0 Å². The second-order valence-electron chi connectivity index (χ2n) is 6.06. The Morgan fingerprint density at radius 2 is 2.04 bits per heavy atom. The van der Waals surface area contributed by atoms with Gasteiger partial charge in [-0.1, -0.05) is 6.92 Å². The van der Waals surface area contributed by atoms with Gasteiger partial charge in [0.1, 0.15) is 5.82 Å². The van der Waals surface area contributed by atoms with Gasteiger partial charge in [0.15, 0.2) is 12.3 Å². The zero-order chi connectivity index (χ0) is 19.3. The van der Waals surface area contributed by atoms with Crippen molar-refractivity contribution in [2.24, 2.45) is 5.92 Å². The highest BCUT2D eigenvalue weighted by Gasteiger charge is 2.32. The zero-order valence-electron chi connectivity index (χ0n) is 14.9. The average Bonchev–Trinajstić information content (AvgIpc) is 3.44. The third kappa shape index (κ3) is 4.51. The number of carbonyl (C=O) groups excluding carboxylic acids is 2. The molecule has 1 aliphatic rings. The Hall–Kier alpha value is -2.62. The normalized spacial score (nSPS) is 13.5. The largest absolute Gasteiger partial charge is 0.455 e. The minimum absolute atomic E-state index is 0.0217. The summed E-state index contributed by atoms with van der Waals surface area (Å²) in [6.45, 7) is 1.78. The van der Waals surface area contributed by atoms with Crippen LogP contribution in [-0.2, 0) is 25.6 Å². The van der Waals surface area contributed by atoms with Gasteiger partial charge in [-0.25, -0.2) is 4.79 Å². The van der Waals surface area contributed by atoms with Crippen LogP contribution in [0.1, 0.15) is 26.2 Å². The van der Waals surface area contributed by atoms with Crippen LogP contribution >= 0.6 is 0 Å². The number of hydrogen-bond acceptors (Lipinski definition) is 7. The fourth-order valence-corrected chi connectivity index (χ4v) is 2.48. The molecule has 1 saturated carbocycles. The summed E-state index contributed by atoms with van der Waals surface area (Å²) >= 11 is 0. The van der Waals surface area contributed by atoms with Gasteiger partial charge >= 0.3 is 11.7 Å². The first kappa shape index (κ1) is 19.7. The molecule has 1 aromatic heterocycles. The van der Waals surface area contributed by atoms with E-state index >= 15 is 0 Å². The Balaban J connectivity index is 2.31. The molecule has 0 spiro atoms. The summed E-state index contributed by atoms with van der Waals surface area (Å²) < 4.78 is 11.2. The molecule has 3 N–H and O–H groups in total. The van der Waals surface area contributed by atoms with Crippen molar-refractivity contribution in [3.8, 4) is 0 Å². The molecule has 2 rings (SSSR count). The van der Waals surface area contributed by atoms with Crippen molar-refractivity contribution in [2.45, 2.75) is 32.7 Å². The molecule has 144 valence electrons. The first-order valence-electron chi connectivity index (χ1n) is 8.49. The van der Waals surface area contributed by atoms with E-state index in [4.69, 9.17) is 15.2 Å². The third-order valence-corrected chi connectivity index (χ3v) is 4.00. The van der Waals surface area contributed by atoms with E-state index in [1.165, 1.54) is 11.7 Å². The molecular weight excluding hydrogens is 344 g/mol. The molecule has 1 amide bonds. The van der Waals surface area contributed by atoms with E-state index in [1.54, 1.807) is 0 Å². The van der Waals surface area contributed by atoms with Gasteiger partial charge in [-0.3, -0.25) is 28.8 Å². The number of nitrogen functional groups attached to an aromatic ring is 1. The van der Waals surface area contributed by atoms with Crippen molar-refractivity contribution in [2.75, 3.05) is 37.5 Å². The van der Waals surface area contributed by atoms with E-state index in [1.807, 2.05) is 6.92 Å². The number of anilines is 2. The van der Waals surface area contributed by atoms with Crippen molar-refractivity contribution in [1.82, 2.24) is 9.55 Å². The van der Waals surface area contributed by atoms with E-state index in [-0.39, 0.29) is 37.1 Å². The summed E-state index contributed by atoms with van der Waals surface area (Å²) in [6.07, 6.45) is 2.13. The molecule has 1 fully saturated rings. The van der Waals surface area contributed by atoms with Crippen LogP contribution in [0.15, 0.2) is 9.59 Å². The molecule has 10 heteroatoms. The van der Waals surface area contributed by atoms with Crippen LogP contribution in [0.2, 0.25) is 0 Å². The van der Waals surface area contributed by atoms with Gasteiger partial charge in [-0.05, 0) is 19.3 Å². The maximum atomic E-state index is 12.6. The van der Waals surface area contributed by atoms with E-state index in [0.717, 1.165) is 17.7 Å². The lowest BCUT2D eigenvalue weighted by Crippen LogP contribution is -2.44. The Bertz CT molecular complexity index is 780. The molecule has 1 heterocycles. The molecule has 10 nitrogen and oxygen atoms in total. The predicted octanol–water partition coefficient (Wildman–Crippen LogP) is -0.539. The third-order valence-electron chi connectivity index (χ3n) is 4.00. The quantitative estimate of drug-likeness (QED) is 0.559. The summed E-state index contributed by atoms with van der Waals surface area (Å²) in [6, 6.07) is 0. The van der Waals surface area contributed by atoms with Gasteiger partial charge in [-0.2, -0.15) is 0 Å². The SMILES string of the molecule is CCCn1c(N)c(N(CCOC)C(=O)COC(=O)C2CC2)c(=O)[nH]c1=O. The smallest absolute Gasteiger partial charge is 0.330 e. The number of amides is 1. The van der Waals surface area contributed by atoms with Crippen LogP contribution in [-0.4, -0.2) is 48.3 Å². The molecule has 26 heavy (non-hydrogen) atoms. The first-order valence-corrected chi connectivity index (χ1v) is 8.49. The monoisotopic (exact) mass is 368 g/mol. The lowest BCUT2D eigenvalue weighted by Gasteiger charge is -2.24. The summed E-state index contributed by atoms with van der Waals surface area (Å²) in [7, 11) is 1.45. The Morgan fingerprint density at radius 1 is 1.35 bits per heavy atom. The minimum atomic E-state index is -0.780. The first-order chi connectivity index (χ1) is 12.4. The van der Waals surface area contributed by atoms with Gasteiger partial charge in [0, 0.05) is 20.2 Å². The zero-order valence-corrected chi connectivity index (χ0v) is 14.9. The van der Waals surface area contributed by atoms with Crippen LogP contribution in [0.4, 0.5) is 11.5 Å². The highest BCUT2D eigenvalue weighted by atomic mass is 16.5. The molecule has 1 aliphatic carbocycles. The number of esters is 1. The number of ether oxygens (including phenoxy) is 2. The summed E-state index contributed by atoms with van der Waals surface area (Å²) in [5.41, 5.74) is 4.42. The maximum Gasteiger partial charge on any atom is 0.330 e. The van der Waals surface area contributed by atoms with E-state index in [2.05, 4.69) is 4.98 Å². The fourth-order valence-electron chi connectivity index (χ4n) is 2.48. The molecule has 0 saturated heterocycles. The van der Waals surface area contributed by atoms with Gasteiger partial charge in [0.2, 0.25) is 0 Å². The number of carbonyl (C=O) groups is 2.